The lowest BCUT2D eigenvalue weighted by Crippen LogP contribution is -2.37. The summed E-state index contributed by atoms with van der Waals surface area (Å²) in [5, 5.41) is 3.35. The Morgan fingerprint density at radius 3 is 2.83 bits per heavy atom. The molecule has 1 aliphatic rings. The number of hydrogen-bond donors (Lipinski definition) is 1. The summed E-state index contributed by atoms with van der Waals surface area (Å²) in [6, 6.07) is 8.13. The number of nitrogens with zero attached hydrogens (tertiary/aromatic N) is 2. The van der Waals surface area contributed by atoms with Gasteiger partial charge in [0.15, 0.2) is 0 Å². The van der Waals surface area contributed by atoms with Crippen LogP contribution < -0.4 is 10.1 Å². The predicted molar refractivity (Wildman–Crippen MR) is 70.1 cm³/mol. The highest BCUT2D eigenvalue weighted by Crippen LogP contribution is 2.18. The molecule has 4 heteroatoms. The minimum absolute atomic E-state index is 0.304. The van der Waals surface area contributed by atoms with Gasteiger partial charge in [-0.1, -0.05) is 0 Å². The molecule has 1 atom stereocenters. The fraction of sp³-hybridized carbons (Fsp3) is 0.357. The Labute approximate surface area is 107 Å². The van der Waals surface area contributed by atoms with Gasteiger partial charge in [0.05, 0.1) is 6.33 Å². The van der Waals surface area contributed by atoms with Gasteiger partial charge in [-0.25, -0.2) is 4.98 Å². The zero-order chi connectivity index (χ0) is 12.2. The van der Waals surface area contributed by atoms with E-state index in [1.807, 2.05) is 35.0 Å². The topological polar surface area (TPSA) is 39.1 Å². The monoisotopic (exact) mass is 243 g/mol. The third-order valence-electron chi connectivity index (χ3n) is 3.19. The molecule has 1 saturated heterocycles. The zero-order valence-electron chi connectivity index (χ0n) is 10.2. The average Bonchev–Trinajstić information content (AvgIpc) is 2.95. The highest BCUT2D eigenvalue weighted by molar-refractivity contribution is 5.37. The lowest BCUT2D eigenvalue weighted by atomic mass is 10.1. The van der Waals surface area contributed by atoms with Gasteiger partial charge < -0.3 is 14.6 Å². The van der Waals surface area contributed by atoms with Gasteiger partial charge in [0.25, 0.3) is 0 Å². The molecule has 0 spiro atoms. The van der Waals surface area contributed by atoms with Crippen LogP contribution in [0.3, 0.4) is 0 Å². The number of benzene rings is 1. The van der Waals surface area contributed by atoms with Crippen LogP contribution in [0.25, 0.3) is 5.69 Å². The normalized spacial score (nSPS) is 19.7. The number of hydrogen-bond acceptors (Lipinski definition) is 3. The SMILES string of the molecule is c1cn(-c2ccc(O[C@@H]3CCCNC3)cc2)cn1. The first kappa shape index (κ1) is 11.3. The maximum Gasteiger partial charge on any atom is 0.119 e. The summed E-state index contributed by atoms with van der Waals surface area (Å²) in [5.74, 6) is 0.938. The fourth-order valence-electron chi connectivity index (χ4n) is 2.22. The van der Waals surface area contributed by atoms with E-state index in [-0.39, 0.29) is 0 Å². The molecule has 18 heavy (non-hydrogen) atoms. The minimum atomic E-state index is 0.304. The molecule has 1 fully saturated rings. The molecule has 0 bridgehead atoms. The second-order valence-corrected chi connectivity index (χ2v) is 4.55. The Morgan fingerprint density at radius 1 is 1.28 bits per heavy atom. The van der Waals surface area contributed by atoms with Crippen molar-refractivity contribution in [3.05, 3.63) is 43.0 Å². The van der Waals surface area contributed by atoms with Crippen LogP contribution in [0.4, 0.5) is 0 Å². The van der Waals surface area contributed by atoms with Crippen LogP contribution in [0, 0.1) is 0 Å². The van der Waals surface area contributed by atoms with Crippen molar-refractivity contribution in [3.63, 3.8) is 0 Å². The average molecular weight is 243 g/mol. The zero-order valence-corrected chi connectivity index (χ0v) is 10.2. The van der Waals surface area contributed by atoms with Crippen LogP contribution in [-0.2, 0) is 0 Å². The molecule has 0 saturated carbocycles. The molecule has 1 N–H and O–H groups in total. The minimum Gasteiger partial charge on any atom is -0.489 e. The van der Waals surface area contributed by atoms with E-state index in [4.69, 9.17) is 4.74 Å². The fourth-order valence-corrected chi connectivity index (χ4v) is 2.22. The molecule has 0 radical (unpaired) electrons. The second-order valence-electron chi connectivity index (χ2n) is 4.55. The van der Waals surface area contributed by atoms with Crippen LogP contribution in [0.5, 0.6) is 5.75 Å². The molecule has 2 heterocycles. The lowest BCUT2D eigenvalue weighted by Gasteiger charge is -2.24. The number of nitrogens with one attached hydrogen (secondary N) is 1. The molecular weight excluding hydrogens is 226 g/mol. The molecule has 0 aliphatic carbocycles. The van der Waals surface area contributed by atoms with Gasteiger partial charge in [-0.2, -0.15) is 0 Å². The summed E-state index contributed by atoms with van der Waals surface area (Å²) in [6.07, 6.45) is 8.13. The van der Waals surface area contributed by atoms with Crippen molar-refractivity contribution in [1.82, 2.24) is 14.9 Å². The quantitative estimate of drug-likeness (QED) is 0.896. The van der Waals surface area contributed by atoms with E-state index >= 15 is 0 Å². The lowest BCUT2D eigenvalue weighted by molar-refractivity contribution is 0.167. The Bertz CT molecular complexity index is 472. The van der Waals surface area contributed by atoms with E-state index in [2.05, 4.69) is 10.3 Å². The third-order valence-corrected chi connectivity index (χ3v) is 3.19. The first-order valence-corrected chi connectivity index (χ1v) is 6.37. The maximum absolute atomic E-state index is 5.94. The van der Waals surface area contributed by atoms with Gasteiger partial charge in [-0.15, -0.1) is 0 Å². The molecule has 2 aromatic rings. The van der Waals surface area contributed by atoms with E-state index in [1.54, 1.807) is 12.5 Å². The first-order valence-electron chi connectivity index (χ1n) is 6.37. The molecule has 0 unspecified atom stereocenters. The van der Waals surface area contributed by atoms with Crippen LogP contribution in [-0.4, -0.2) is 28.7 Å². The summed E-state index contributed by atoms with van der Waals surface area (Å²) >= 11 is 0. The van der Waals surface area contributed by atoms with Crippen LogP contribution in [0.2, 0.25) is 0 Å². The van der Waals surface area contributed by atoms with Gasteiger partial charge in [0.1, 0.15) is 11.9 Å². The Balaban J connectivity index is 1.67. The third kappa shape index (κ3) is 2.54. The first-order chi connectivity index (χ1) is 8.92. The molecule has 1 aliphatic heterocycles. The van der Waals surface area contributed by atoms with Crippen LogP contribution in [0.1, 0.15) is 12.8 Å². The standard InChI is InChI=1S/C14H17N3O/c1-2-14(10-15-7-1)18-13-5-3-12(4-6-13)17-9-8-16-11-17/h3-6,8-9,11,14-15H,1-2,7,10H2/t14-/m1/s1. The summed E-state index contributed by atoms with van der Waals surface area (Å²) in [4.78, 5) is 4.04. The van der Waals surface area contributed by atoms with Crippen LogP contribution >= 0.6 is 0 Å². The van der Waals surface area contributed by atoms with Crippen molar-refractivity contribution in [2.75, 3.05) is 13.1 Å². The van der Waals surface area contributed by atoms with Crippen molar-refractivity contribution in [2.24, 2.45) is 0 Å². The molecule has 0 amide bonds. The largest absolute Gasteiger partial charge is 0.489 e. The van der Waals surface area contributed by atoms with E-state index in [1.165, 1.54) is 6.42 Å². The van der Waals surface area contributed by atoms with Gasteiger partial charge in [0.2, 0.25) is 0 Å². The van der Waals surface area contributed by atoms with Gasteiger partial charge >= 0.3 is 0 Å². The smallest absolute Gasteiger partial charge is 0.119 e. The van der Waals surface area contributed by atoms with Crippen molar-refractivity contribution >= 4 is 0 Å². The van der Waals surface area contributed by atoms with Crippen LogP contribution in [0.15, 0.2) is 43.0 Å². The Kier molecular flexibility index (Phi) is 3.28. The molecule has 3 rings (SSSR count). The Morgan fingerprint density at radius 2 is 2.17 bits per heavy atom. The van der Waals surface area contributed by atoms with Gasteiger partial charge in [0, 0.05) is 24.6 Å². The summed E-state index contributed by atoms with van der Waals surface area (Å²) in [5.41, 5.74) is 1.10. The van der Waals surface area contributed by atoms with Crippen molar-refractivity contribution in [3.8, 4) is 11.4 Å². The highest BCUT2D eigenvalue weighted by atomic mass is 16.5. The molecule has 1 aromatic heterocycles. The van der Waals surface area contributed by atoms with E-state index in [0.29, 0.717) is 6.10 Å². The number of aromatic nitrogens is 2. The van der Waals surface area contributed by atoms with E-state index < -0.39 is 0 Å². The number of rotatable bonds is 3. The van der Waals surface area contributed by atoms with Gasteiger partial charge in [-0.05, 0) is 43.7 Å². The predicted octanol–water partition coefficient (Wildman–Crippen LogP) is 2.00. The number of imidazole rings is 1. The van der Waals surface area contributed by atoms with E-state index in [0.717, 1.165) is 30.9 Å². The van der Waals surface area contributed by atoms with E-state index in [9.17, 15) is 0 Å². The van der Waals surface area contributed by atoms with Gasteiger partial charge in [-0.3, -0.25) is 0 Å². The summed E-state index contributed by atoms with van der Waals surface area (Å²) < 4.78 is 7.92. The molecule has 1 aromatic carbocycles. The highest BCUT2D eigenvalue weighted by Gasteiger charge is 2.13. The van der Waals surface area contributed by atoms with Crippen molar-refractivity contribution < 1.29 is 4.74 Å². The van der Waals surface area contributed by atoms with Crippen molar-refractivity contribution in [1.29, 1.82) is 0 Å². The van der Waals surface area contributed by atoms with Crippen molar-refractivity contribution in [2.45, 2.75) is 18.9 Å². The number of piperidine rings is 1. The number of ether oxygens (including phenoxy) is 1. The maximum atomic E-state index is 5.94. The summed E-state index contributed by atoms with van der Waals surface area (Å²) in [6.45, 7) is 2.06. The Hall–Kier alpha value is -1.81. The molecule has 4 nitrogen and oxygen atoms in total. The molecular formula is C14H17N3O. The second kappa shape index (κ2) is 5.23. The summed E-state index contributed by atoms with van der Waals surface area (Å²) in [7, 11) is 0. The molecule has 94 valence electrons.